The predicted molar refractivity (Wildman–Crippen MR) is 99.0 cm³/mol. The van der Waals surface area contributed by atoms with Gasteiger partial charge in [0.2, 0.25) is 11.8 Å². The molecule has 0 radical (unpaired) electrons. The maximum Gasteiger partial charge on any atom is 0.238 e. The summed E-state index contributed by atoms with van der Waals surface area (Å²) < 4.78 is 0. The summed E-state index contributed by atoms with van der Waals surface area (Å²) in [4.78, 5) is 25.9. The van der Waals surface area contributed by atoms with Gasteiger partial charge >= 0.3 is 0 Å². The highest BCUT2D eigenvalue weighted by Gasteiger charge is 2.33. The Bertz CT molecular complexity index is 729. The lowest BCUT2D eigenvalue weighted by atomic mass is 10.1. The first-order valence-electron chi connectivity index (χ1n) is 7.96. The van der Waals surface area contributed by atoms with Gasteiger partial charge in [0.1, 0.15) is 5.37 Å². The van der Waals surface area contributed by atoms with E-state index in [4.69, 9.17) is 0 Å². The Morgan fingerprint density at radius 2 is 1.79 bits per heavy atom. The first-order chi connectivity index (χ1) is 11.6. The van der Waals surface area contributed by atoms with Crippen LogP contribution in [0, 0.1) is 5.92 Å². The second kappa shape index (κ2) is 7.09. The van der Waals surface area contributed by atoms with Gasteiger partial charge in [0.05, 0.1) is 5.75 Å². The van der Waals surface area contributed by atoms with Crippen molar-refractivity contribution in [1.29, 1.82) is 0 Å². The van der Waals surface area contributed by atoms with Crippen LogP contribution in [0.4, 0.5) is 11.4 Å². The third kappa shape index (κ3) is 3.46. The summed E-state index contributed by atoms with van der Waals surface area (Å²) >= 11 is 1.62. The molecule has 2 aromatic carbocycles. The van der Waals surface area contributed by atoms with Crippen LogP contribution < -0.4 is 10.2 Å². The normalized spacial score (nSPS) is 17.4. The molecule has 5 heteroatoms. The number of carbonyl (C=O) groups is 2. The molecule has 0 spiro atoms. The fourth-order valence-corrected chi connectivity index (χ4v) is 3.73. The van der Waals surface area contributed by atoms with Crippen LogP contribution in [0.2, 0.25) is 0 Å². The Balaban J connectivity index is 1.80. The van der Waals surface area contributed by atoms with Crippen LogP contribution in [0.3, 0.4) is 0 Å². The summed E-state index contributed by atoms with van der Waals surface area (Å²) in [6.07, 6.45) is 0. The highest BCUT2D eigenvalue weighted by atomic mass is 32.2. The Labute approximate surface area is 146 Å². The van der Waals surface area contributed by atoms with E-state index < -0.39 is 0 Å². The van der Waals surface area contributed by atoms with Crippen LogP contribution >= 0.6 is 11.8 Å². The van der Waals surface area contributed by atoms with Crippen molar-refractivity contribution in [3.05, 3.63) is 60.2 Å². The van der Waals surface area contributed by atoms with Crippen LogP contribution in [-0.4, -0.2) is 17.6 Å². The summed E-state index contributed by atoms with van der Waals surface area (Å²) in [5.41, 5.74) is 2.74. The van der Waals surface area contributed by atoms with Crippen molar-refractivity contribution >= 4 is 35.0 Å². The van der Waals surface area contributed by atoms with Crippen LogP contribution in [0.1, 0.15) is 24.8 Å². The van der Waals surface area contributed by atoms with Crippen LogP contribution in [0.25, 0.3) is 0 Å². The van der Waals surface area contributed by atoms with Crippen LogP contribution in [-0.2, 0) is 9.59 Å². The number of thioether (sulfide) groups is 1. The molecule has 2 amide bonds. The highest BCUT2D eigenvalue weighted by Crippen LogP contribution is 2.41. The van der Waals surface area contributed by atoms with Gasteiger partial charge in [-0.1, -0.05) is 44.2 Å². The van der Waals surface area contributed by atoms with E-state index in [1.807, 2.05) is 73.3 Å². The van der Waals surface area contributed by atoms with Crippen molar-refractivity contribution in [2.24, 2.45) is 5.92 Å². The maximum atomic E-state index is 12.3. The van der Waals surface area contributed by atoms with Gasteiger partial charge in [-0.2, -0.15) is 0 Å². The van der Waals surface area contributed by atoms with Crippen molar-refractivity contribution in [1.82, 2.24) is 0 Å². The van der Waals surface area contributed by atoms with Gasteiger partial charge in [-0.25, -0.2) is 0 Å². The molecular formula is C19H20N2O2S. The minimum absolute atomic E-state index is 0.000851. The Morgan fingerprint density at radius 1 is 1.12 bits per heavy atom. The van der Waals surface area contributed by atoms with E-state index in [0.717, 1.165) is 16.9 Å². The number of amides is 2. The summed E-state index contributed by atoms with van der Waals surface area (Å²) in [6, 6.07) is 17.5. The molecule has 3 rings (SSSR count). The highest BCUT2D eigenvalue weighted by molar-refractivity contribution is 8.00. The molecule has 4 nitrogen and oxygen atoms in total. The smallest absolute Gasteiger partial charge is 0.238 e. The number of hydrogen-bond acceptors (Lipinski definition) is 3. The zero-order valence-electron chi connectivity index (χ0n) is 13.7. The lowest BCUT2D eigenvalue weighted by Gasteiger charge is -2.24. The second-order valence-corrected chi connectivity index (χ2v) is 7.10. The van der Waals surface area contributed by atoms with E-state index in [2.05, 4.69) is 5.32 Å². The number of carbonyl (C=O) groups excluding carboxylic acids is 2. The number of nitrogens with one attached hydrogen (secondary N) is 1. The largest absolute Gasteiger partial charge is 0.326 e. The quantitative estimate of drug-likeness (QED) is 0.913. The van der Waals surface area contributed by atoms with Gasteiger partial charge in [-0.15, -0.1) is 11.8 Å². The first kappa shape index (κ1) is 16.6. The average Bonchev–Trinajstić information content (AvgIpc) is 2.98. The van der Waals surface area contributed by atoms with Gasteiger partial charge in [-0.3, -0.25) is 14.5 Å². The van der Waals surface area contributed by atoms with Crippen molar-refractivity contribution in [2.75, 3.05) is 16.0 Å². The molecule has 0 aliphatic carbocycles. The topological polar surface area (TPSA) is 49.4 Å². The lowest BCUT2D eigenvalue weighted by Crippen LogP contribution is -2.27. The number of hydrogen-bond donors (Lipinski definition) is 1. The van der Waals surface area contributed by atoms with Gasteiger partial charge in [0.25, 0.3) is 0 Å². The van der Waals surface area contributed by atoms with Crippen LogP contribution in [0.15, 0.2) is 54.6 Å². The lowest BCUT2D eigenvalue weighted by molar-refractivity contribution is -0.119. The van der Waals surface area contributed by atoms with E-state index in [0.29, 0.717) is 5.75 Å². The van der Waals surface area contributed by atoms with Crippen molar-refractivity contribution in [3.8, 4) is 0 Å². The van der Waals surface area contributed by atoms with E-state index in [1.165, 1.54) is 0 Å². The molecule has 1 aliphatic rings. The van der Waals surface area contributed by atoms with Crippen LogP contribution in [0.5, 0.6) is 0 Å². The molecular weight excluding hydrogens is 320 g/mol. The number of anilines is 2. The molecule has 1 N–H and O–H groups in total. The summed E-state index contributed by atoms with van der Waals surface area (Å²) in [7, 11) is 0. The zero-order valence-corrected chi connectivity index (χ0v) is 14.5. The molecule has 2 aromatic rings. The third-order valence-corrected chi connectivity index (χ3v) is 5.10. The first-order valence-corrected chi connectivity index (χ1v) is 9.00. The summed E-state index contributed by atoms with van der Waals surface area (Å²) in [6.45, 7) is 3.73. The van der Waals surface area contributed by atoms with Gasteiger partial charge in [-0.05, 0) is 29.8 Å². The SMILES string of the molecule is CC(C)C(=O)Nc1ccc([C@H]2SCC(=O)N2c2ccccc2)cc1. The Morgan fingerprint density at radius 3 is 2.42 bits per heavy atom. The molecule has 1 aliphatic heterocycles. The molecule has 0 bridgehead atoms. The summed E-state index contributed by atoms with van der Waals surface area (Å²) in [5.74, 6) is 0.541. The average molecular weight is 340 g/mol. The van der Waals surface area contributed by atoms with Crippen molar-refractivity contribution < 1.29 is 9.59 Å². The molecule has 124 valence electrons. The van der Waals surface area contributed by atoms with Crippen molar-refractivity contribution in [2.45, 2.75) is 19.2 Å². The molecule has 1 heterocycles. The fraction of sp³-hybridized carbons (Fsp3) is 0.263. The predicted octanol–water partition coefficient (Wildman–Crippen LogP) is 4.06. The van der Waals surface area contributed by atoms with E-state index in [9.17, 15) is 9.59 Å². The number of benzene rings is 2. The van der Waals surface area contributed by atoms with Gasteiger partial charge in [0.15, 0.2) is 0 Å². The molecule has 24 heavy (non-hydrogen) atoms. The maximum absolute atomic E-state index is 12.3. The molecule has 1 fully saturated rings. The number of rotatable bonds is 4. The second-order valence-electron chi connectivity index (χ2n) is 6.03. The molecule has 1 saturated heterocycles. The van der Waals surface area contributed by atoms with E-state index in [-0.39, 0.29) is 23.1 Å². The standard InChI is InChI=1S/C19H20N2O2S/c1-13(2)18(23)20-15-10-8-14(9-11-15)19-21(17(22)12-24-19)16-6-4-3-5-7-16/h3-11,13,19H,12H2,1-2H3,(H,20,23)/t19-/m1/s1. The molecule has 0 aromatic heterocycles. The number of para-hydroxylation sites is 1. The molecule has 0 unspecified atom stereocenters. The monoisotopic (exact) mass is 340 g/mol. The zero-order chi connectivity index (χ0) is 17.1. The van der Waals surface area contributed by atoms with E-state index >= 15 is 0 Å². The minimum atomic E-state index is -0.0544. The molecule has 1 atom stereocenters. The van der Waals surface area contributed by atoms with Gasteiger partial charge < -0.3 is 5.32 Å². The van der Waals surface area contributed by atoms with Gasteiger partial charge in [0, 0.05) is 17.3 Å². The Kier molecular flexibility index (Phi) is 4.90. The number of nitrogens with zero attached hydrogens (tertiary/aromatic N) is 1. The fourth-order valence-electron chi connectivity index (χ4n) is 2.56. The van der Waals surface area contributed by atoms with Crippen molar-refractivity contribution in [3.63, 3.8) is 0 Å². The molecule has 0 saturated carbocycles. The summed E-state index contributed by atoms with van der Waals surface area (Å²) in [5, 5.41) is 2.85. The third-order valence-electron chi connectivity index (χ3n) is 3.89. The Hall–Kier alpha value is -2.27. The minimum Gasteiger partial charge on any atom is -0.326 e. The van der Waals surface area contributed by atoms with E-state index in [1.54, 1.807) is 11.8 Å².